The molecule has 0 bridgehead atoms. The fourth-order valence-electron chi connectivity index (χ4n) is 1.34. The molecule has 0 aliphatic carbocycles. The van der Waals surface area contributed by atoms with Gasteiger partial charge in [-0.2, -0.15) is 5.21 Å². The van der Waals surface area contributed by atoms with E-state index >= 15 is 0 Å². The molecule has 66 valence electrons. The van der Waals surface area contributed by atoms with Crippen molar-refractivity contribution in [3.8, 4) is 11.4 Å². The number of tetrazole rings is 1. The van der Waals surface area contributed by atoms with Crippen molar-refractivity contribution in [1.82, 2.24) is 20.6 Å². The molecule has 0 fully saturated rings. The maximum atomic E-state index is 3.93. The van der Waals surface area contributed by atoms with Crippen LogP contribution in [0.3, 0.4) is 0 Å². The van der Waals surface area contributed by atoms with Crippen molar-refractivity contribution in [2.45, 2.75) is 13.8 Å². The molecule has 0 aliphatic heterocycles. The van der Waals surface area contributed by atoms with Crippen LogP contribution in [0.15, 0.2) is 18.2 Å². The predicted molar refractivity (Wildman–Crippen MR) is 49.1 cm³/mol. The number of nitrogens with one attached hydrogen (secondary N) is 1. The maximum absolute atomic E-state index is 3.93. The molecule has 1 heterocycles. The summed E-state index contributed by atoms with van der Waals surface area (Å²) in [5, 5.41) is 13.8. The lowest BCUT2D eigenvalue weighted by Gasteiger charge is -2.00. The predicted octanol–water partition coefficient (Wildman–Crippen LogP) is 1.48. The van der Waals surface area contributed by atoms with E-state index in [4.69, 9.17) is 0 Å². The number of rotatable bonds is 1. The molecule has 0 radical (unpaired) electrons. The van der Waals surface area contributed by atoms with E-state index in [0.29, 0.717) is 5.82 Å². The van der Waals surface area contributed by atoms with Gasteiger partial charge in [-0.25, -0.2) is 0 Å². The molecule has 0 saturated heterocycles. The smallest absolute Gasteiger partial charge is 0.177 e. The normalized spacial score (nSPS) is 10.3. The monoisotopic (exact) mass is 174 g/mol. The molecule has 13 heavy (non-hydrogen) atoms. The van der Waals surface area contributed by atoms with E-state index in [1.54, 1.807) is 0 Å². The van der Waals surface area contributed by atoms with E-state index in [2.05, 4.69) is 33.6 Å². The van der Waals surface area contributed by atoms with Crippen LogP contribution in [0.5, 0.6) is 0 Å². The number of hydrogen-bond acceptors (Lipinski definition) is 3. The third-order valence-electron chi connectivity index (χ3n) is 1.97. The third-order valence-corrected chi connectivity index (χ3v) is 1.97. The molecule has 2 rings (SSSR count). The zero-order valence-corrected chi connectivity index (χ0v) is 7.57. The molecule has 4 nitrogen and oxygen atoms in total. The van der Waals surface area contributed by atoms with Crippen LogP contribution in [-0.4, -0.2) is 20.6 Å². The first-order valence-electron chi connectivity index (χ1n) is 4.08. The topological polar surface area (TPSA) is 54.5 Å². The molecule has 4 heteroatoms. The highest BCUT2D eigenvalue weighted by molar-refractivity contribution is 5.59. The van der Waals surface area contributed by atoms with Crippen LogP contribution >= 0.6 is 0 Å². The van der Waals surface area contributed by atoms with E-state index in [0.717, 1.165) is 5.56 Å². The van der Waals surface area contributed by atoms with E-state index in [1.807, 2.05) is 19.1 Å². The lowest BCUT2D eigenvalue weighted by Crippen LogP contribution is -1.86. The second-order valence-electron chi connectivity index (χ2n) is 3.05. The Balaban J connectivity index is 2.53. The van der Waals surface area contributed by atoms with Crippen molar-refractivity contribution in [3.63, 3.8) is 0 Å². The number of aromatic amines is 1. The average molecular weight is 174 g/mol. The Morgan fingerprint density at radius 1 is 1.23 bits per heavy atom. The van der Waals surface area contributed by atoms with E-state index in [-0.39, 0.29) is 0 Å². The lowest BCUT2D eigenvalue weighted by molar-refractivity contribution is 0.881. The summed E-state index contributed by atoms with van der Waals surface area (Å²) in [4.78, 5) is 0. The highest BCUT2D eigenvalue weighted by atomic mass is 15.5. The van der Waals surface area contributed by atoms with Crippen molar-refractivity contribution in [1.29, 1.82) is 0 Å². The quantitative estimate of drug-likeness (QED) is 0.712. The summed E-state index contributed by atoms with van der Waals surface area (Å²) < 4.78 is 0. The van der Waals surface area contributed by atoms with Gasteiger partial charge in [0, 0.05) is 5.56 Å². The summed E-state index contributed by atoms with van der Waals surface area (Å²) in [5.41, 5.74) is 3.44. The second-order valence-corrected chi connectivity index (χ2v) is 3.05. The zero-order chi connectivity index (χ0) is 9.26. The van der Waals surface area contributed by atoms with Gasteiger partial charge in [0.25, 0.3) is 0 Å². The Morgan fingerprint density at radius 3 is 2.69 bits per heavy atom. The molecule has 1 aromatic carbocycles. The minimum absolute atomic E-state index is 0.650. The van der Waals surface area contributed by atoms with Crippen LogP contribution in [0.2, 0.25) is 0 Å². The summed E-state index contributed by atoms with van der Waals surface area (Å²) >= 11 is 0. The Kier molecular flexibility index (Phi) is 1.81. The zero-order valence-electron chi connectivity index (χ0n) is 7.57. The Morgan fingerprint density at radius 2 is 2.08 bits per heavy atom. The van der Waals surface area contributed by atoms with Gasteiger partial charge in [0.05, 0.1) is 0 Å². The first kappa shape index (κ1) is 7.91. The number of aromatic nitrogens is 4. The summed E-state index contributed by atoms with van der Waals surface area (Å²) in [6.45, 7) is 4.10. The first-order chi connectivity index (χ1) is 6.27. The van der Waals surface area contributed by atoms with E-state index in [9.17, 15) is 0 Å². The summed E-state index contributed by atoms with van der Waals surface area (Å²) in [6.07, 6.45) is 0. The fraction of sp³-hybridized carbons (Fsp3) is 0.222. The van der Waals surface area contributed by atoms with E-state index < -0.39 is 0 Å². The molecule has 2 aromatic rings. The number of nitrogens with zero attached hydrogens (tertiary/aromatic N) is 3. The average Bonchev–Trinajstić information content (AvgIpc) is 2.56. The number of aryl methyl sites for hydroxylation is 2. The molecule has 0 spiro atoms. The summed E-state index contributed by atoms with van der Waals surface area (Å²) in [7, 11) is 0. The van der Waals surface area contributed by atoms with Crippen molar-refractivity contribution in [2.75, 3.05) is 0 Å². The molecular weight excluding hydrogens is 164 g/mol. The molecule has 0 atom stereocenters. The van der Waals surface area contributed by atoms with Gasteiger partial charge in [-0.05, 0) is 24.6 Å². The van der Waals surface area contributed by atoms with Crippen LogP contribution < -0.4 is 0 Å². The SMILES string of the molecule is Cc1ccc(-c2nn[nH]n2)c(C)c1. The van der Waals surface area contributed by atoms with Gasteiger partial charge >= 0.3 is 0 Å². The fourth-order valence-corrected chi connectivity index (χ4v) is 1.34. The lowest BCUT2D eigenvalue weighted by atomic mass is 10.1. The van der Waals surface area contributed by atoms with Gasteiger partial charge in [0.2, 0.25) is 5.82 Å². The van der Waals surface area contributed by atoms with Crippen molar-refractivity contribution in [2.24, 2.45) is 0 Å². The maximum Gasteiger partial charge on any atom is 0.204 e. The van der Waals surface area contributed by atoms with Crippen LogP contribution in [0, 0.1) is 13.8 Å². The highest BCUT2D eigenvalue weighted by Gasteiger charge is 2.05. The number of H-pyrrole nitrogens is 1. The summed E-state index contributed by atoms with van der Waals surface area (Å²) in [6, 6.07) is 6.15. The van der Waals surface area contributed by atoms with Gasteiger partial charge in [0.1, 0.15) is 0 Å². The van der Waals surface area contributed by atoms with Crippen LogP contribution in [0.25, 0.3) is 11.4 Å². The van der Waals surface area contributed by atoms with Crippen molar-refractivity contribution < 1.29 is 0 Å². The Hall–Kier alpha value is -1.71. The molecule has 1 aromatic heterocycles. The molecule has 0 aliphatic rings. The second kappa shape index (κ2) is 2.97. The van der Waals surface area contributed by atoms with Gasteiger partial charge < -0.3 is 0 Å². The molecule has 0 saturated carbocycles. The largest absolute Gasteiger partial charge is 0.204 e. The standard InChI is InChI=1S/C9H10N4/c1-6-3-4-8(7(2)5-6)9-10-12-13-11-9/h3-5H,1-2H3,(H,10,11,12,13). The number of benzene rings is 1. The van der Waals surface area contributed by atoms with Gasteiger partial charge in [-0.3, -0.25) is 0 Å². The first-order valence-corrected chi connectivity index (χ1v) is 4.08. The Labute approximate surface area is 76.0 Å². The van der Waals surface area contributed by atoms with Crippen LogP contribution in [-0.2, 0) is 0 Å². The van der Waals surface area contributed by atoms with Gasteiger partial charge in [-0.15, -0.1) is 10.2 Å². The van der Waals surface area contributed by atoms with Crippen molar-refractivity contribution >= 4 is 0 Å². The van der Waals surface area contributed by atoms with Crippen LogP contribution in [0.4, 0.5) is 0 Å². The van der Waals surface area contributed by atoms with Gasteiger partial charge in [0.15, 0.2) is 0 Å². The number of hydrogen-bond donors (Lipinski definition) is 1. The minimum atomic E-state index is 0.650. The minimum Gasteiger partial charge on any atom is -0.177 e. The molecular formula is C9H10N4. The van der Waals surface area contributed by atoms with E-state index in [1.165, 1.54) is 11.1 Å². The highest BCUT2D eigenvalue weighted by Crippen LogP contribution is 2.19. The van der Waals surface area contributed by atoms with Crippen molar-refractivity contribution in [3.05, 3.63) is 29.3 Å². The molecule has 0 unspecified atom stereocenters. The Bertz CT molecular complexity index is 406. The van der Waals surface area contributed by atoms with Gasteiger partial charge in [-0.1, -0.05) is 23.8 Å². The van der Waals surface area contributed by atoms with Crippen LogP contribution in [0.1, 0.15) is 11.1 Å². The molecule has 1 N–H and O–H groups in total. The molecule has 0 amide bonds. The summed E-state index contributed by atoms with van der Waals surface area (Å²) in [5.74, 6) is 0.650. The third kappa shape index (κ3) is 1.42.